The zero-order valence-electron chi connectivity index (χ0n) is 12.3. The molecule has 0 aliphatic heterocycles. The molecule has 2 heterocycles. The molecule has 0 amide bonds. The molecule has 2 aromatic heterocycles. The third-order valence-corrected chi connectivity index (χ3v) is 3.50. The van der Waals surface area contributed by atoms with Gasteiger partial charge in [-0.1, -0.05) is 32.4 Å². The van der Waals surface area contributed by atoms with Gasteiger partial charge in [0, 0.05) is 11.5 Å². The van der Waals surface area contributed by atoms with Crippen molar-refractivity contribution in [3.05, 3.63) is 28.3 Å². The molecule has 0 aliphatic rings. The van der Waals surface area contributed by atoms with E-state index in [0.29, 0.717) is 22.5 Å². The van der Waals surface area contributed by atoms with E-state index >= 15 is 0 Å². The average molecular weight is 295 g/mol. The molecule has 0 saturated carbocycles. The van der Waals surface area contributed by atoms with Crippen molar-refractivity contribution in [1.82, 2.24) is 19.7 Å². The zero-order valence-corrected chi connectivity index (χ0v) is 13.1. The van der Waals surface area contributed by atoms with Gasteiger partial charge in [0.05, 0.1) is 16.4 Å². The van der Waals surface area contributed by atoms with Crippen LogP contribution in [-0.4, -0.2) is 19.7 Å². The van der Waals surface area contributed by atoms with Gasteiger partial charge in [0.2, 0.25) is 0 Å². The summed E-state index contributed by atoms with van der Waals surface area (Å²) in [6.07, 6.45) is 0. The molecular weight excluding hydrogens is 276 g/mol. The molecule has 0 aromatic carbocycles. The minimum absolute atomic E-state index is 0.193. The van der Waals surface area contributed by atoms with E-state index in [1.807, 2.05) is 34.6 Å². The van der Waals surface area contributed by atoms with Crippen LogP contribution in [0.25, 0.3) is 5.82 Å². The van der Waals surface area contributed by atoms with Crippen molar-refractivity contribution in [2.45, 2.75) is 40.0 Å². The van der Waals surface area contributed by atoms with Crippen LogP contribution in [-0.2, 0) is 5.41 Å². The van der Waals surface area contributed by atoms with Gasteiger partial charge < -0.3 is 5.43 Å². The van der Waals surface area contributed by atoms with Gasteiger partial charge >= 0.3 is 0 Å². The van der Waals surface area contributed by atoms with Crippen LogP contribution in [0.15, 0.2) is 6.07 Å². The van der Waals surface area contributed by atoms with Gasteiger partial charge in [0.25, 0.3) is 0 Å². The molecule has 0 unspecified atom stereocenters. The van der Waals surface area contributed by atoms with Crippen LogP contribution >= 0.6 is 11.6 Å². The molecule has 0 aliphatic carbocycles. The van der Waals surface area contributed by atoms with Crippen LogP contribution in [0.1, 0.15) is 38.0 Å². The Kier molecular flexibility index (Phi) is 3.71. The van der Waals surface area contributed by atoms with Crippen LogP contribution < -0.4 is 11.3 Å². The number of nitrogens with zero attached hydrogens (tertiary/aromatic N) is 4. The summed E-state index contributed by atoms with van der Waals surface area (Å²) < 4.78 is 1.70. The van der Waals surface area contributed by atoms with E-state index in [4.69, 9.17) is 17.4 Å². The number of hydrogen-bond donors (Lipinski definition) is 2. The highest BCUT2D eigenvalue weighted by molar-refractivity contribution is 6.31. The molecule has 20 heavy (non-hydrogen) atoms. The number of rotatable bonds is 2. The quantitative estimate of drug-likeness (QED) is 0.657. The first-order chi connectivity index (χ1) is 9.24. The lowest BCUT2D eigenvalue weighted by molar-refractivity contribution is 0.542. The van der Waals surface area contributed by atoms with Gasteiger partial charge in [0.15, 0.2) is 5.82 Å². The van der Waals surface area contributed by atoms with E-state index in [-0.39, 0.29) is 5.41 Å². The van der Waals surface area contributed by atoms with Crippen molar-refractivity contribution in [3.8, 4) is 5.82 Å². The van der Waals surface area contributed by atoms with Crippen molar-refractivity contribution in [1.29, 1.82) is 0 Å². The Bertz CT molecular complexity index is 641. The minimum atomic E-state index is -0.193. The molecular formula is C13H19ClN6. The standard InChI is InChI=1S/C13H19ClN6/c1-7-11(14)8(2)20(19-7)10-6-9(18-15)16-12(17-10)13(3,4)5/h6H,15H2,1-5H3,(H,16,17,18). The lowest BCUT2D eigenvalue weighted by atomic mass is 9.96. The maximum absolute atomic E-state index is 6.18. The molecule has 6 nitrogen and oxygen atoms in total. The third-order valence-electron chi connectivity index (χ3n) is 2.95. The minimum Gasteiger partial charge on any atom is -0.308 e. The Balaban J connectivity index is 2.64. The van der Waals surface area contributed by atoms with Gasteiger partial charge in [-0.25, -0.2) is 20.5 Å². The van der Waals surface area contributed by atoms with E-state index in [2.05, 4.69) is 20.5 Å². The van der Waals surface area contributed by atoms with Crippen LogP contribution in [0.3, 0.4) is 0 Å². The summed E-state index contributed by atoms with van der Waals surface area (Å²) >= 11 is 6.18. The molecule has 7 heteroatoms. The van der Waals surface area contributed by atoms with E-state index in [0.717, 1.165) is 11.4 Å². The first kappa shape index (κ1) is 14.7. The number of nitrogen functional groups attached to an aromatic ring is 1. The Morgan fingerprint density at radius 3 is 2.35 bits per heavy atom. The zero-order chi connectivity index (χ0) is 15.1. The van der Waals surface area contributed by atoms with Crippen molar-refractivity contribution in [2.75, 3.05) is 5.43 Å². The number of hydrogen-bond acceptors (Lipinski definition) is 5. The fraction of sp³-hybridized carbons (Fsp3) is 0.462. The topological polar surface area (TPSA) is 81.7 Å². The summed E-state index contributed by atoms with van der Waals surface area (Å²) in [4.78, 5) is 8.96. The molecule has 3 N–H and O–H groups in total. The van der Waals surface area contributed by atoms with E-state index in [1.165, 1.54) is 0 Å². The monoisotopic (exact) mass is 294 g/mol. The predicted octanol–water partition coefficient (Wildman–Crippen LogP) is 2.52. The fourth-order valence-corrected chi connectivity index (χ4v) is 1.92. The first-order valence-corrected chi connectivity index (χ1v) is 6.70. The Hall–Kier alpha value is -1.66. The van der Waals surface area contributed by atoms with Crippen LogP contribution in [0.4, 0.5) is 5.82 Å². The summed E-state index contributed by atoms with van der Waals surface area (Å²) in [5.74, 6) is 7.36. The number of nitrogens with one attached hydrogen (secondary N) is 1. The number of aryl methyl sites for hydroxylation is 1. The second-order valence-electron chi connectivity index (χ2n) is 5.73. The molecule has 0 radical (unpaired) electrons. The van der Waals surface area contributed by atoms with Crippen LogP contribution in [0, 0.1) is 13.8 Å². The Morgan fingerprint density at radius 2 is 1.90 bits per heavy atom. The summed E-state index contributed by atoms with van der Waals surface area (Å²) in [5, 5.41) is 5.05. The Labute approximate surface area is 123 Å². The van der Waals surface area contributed by atoms with Crippen LogP contribution in [0.2, 0.25) is 5.02 Å². The lowest BCUT2D eigenvalue weighted by Crippen LogP contribution is -2.20. The van der Waals surface area contributed by atoms with E-state index < -0.39 is 0 Å². The normalized spacial score (nSPS) is 11.8. The van der Waals surface area contributed by atoms with Crippen molar-refractivity contribution >= 4 is 17.4 Å². The molecule has 0 bridgehead atoms. The summed E-state index contributed by atoms with van der Waals surface area (Å²) in [7, 11) is 0. The van der Waals surface area contributed by atoms with Gasteiger partial charge in [-0.3, -0.25) is 0 Å². The smallest absolute Gasteiger partial charge is 0.159 e. The third kappa shape index (κ3) is 2.62. The maximum Gasteiger partial charge on any atom is 0.159 e. The molecule has 2 rings (SSSR count). The number of nitrogens with two attached hydrogens (primary N) is 1. The lowest BCUT2D eigenvalue weighted by Gasteiger charge is -2.18. The second-order valence-corrected chi connectivity index (χ2v) is 6.10. The predicted molar refractivity (Wildman–Crippen MR) is 80.1 cm³/mol. The largest absolute Gasteiger partial charge is 0.308 e. The van der Waals surface area contributed by atoms with Gasteiger partial charge in [-0.15, -0.1) is 0 Å². The van der Waals surface area contributed by atoms with E-state index in [9.17, 15) is 0 Å². The second kappa shape index (κ2) is 5.03. The molecule has 0 atom stereocenters. The number of hydrazine groups is 1. The van der Waals surface area contributed by atoms with Gasteiger partial charge in [-0.2, -0.15) is 5.10 Å². The molecule has 0 saturated heterocycles. The molecule has 108 valence electrons. The average Bonchev–Trinajstić information content (AvgIpc) is 2.65. The molecule has 0 spiro atoms. The van der Waals surface area contributed by atoms with Gasteiger partial charge in [0.1, 0.15) is 11.6 Å². The van der Waals surface area contributed by atoms with Crippen molar-refractivity contribution in [2.24, 2.45) is 5.84 Å². The molecule has 0 fully saturated rings. The summed E-state index contributed by atoms with van der Waals surface area (Å²) in [5.41, 5.74) is 3.98. The highest BCUT2D eigenvalue weighted by Crippen LogP contribution is 2.25. The Morgan fingerprint density at radius 1 is 1.25 bits per heavy atom. The SMILES string of the molecule is Cc1nn(-c2cc(NN)nc(C(C)(C)C)n2)c(C)c1Cl. The number of anilines is 1. The van der Waals surface area contributed by atoms with Crippen molar-refractivity contribution in [3.63, 3.8) is 0 Å². The van der Waals surface area contributed by atoms with Crippen LogP contribution in [0.5, 0.6) is 0 Å². The summed E-state index contributed by atoms with van der Waals surface area (Å²) in [6, 6.07) is 1.74. The summed E-state index contributed by atoms with van der Waals surface area (Å²) in [6.45, 7) is 9.89. The molecule has 2 aromatic rings. The number of halogens is 1. The first-order valence-electron chi connectivity index (χ1n) is 6.32. The number of aromatic nitrogens is 4. The highest BCUT2D eigenvalue weighted by Gasteiger charge is 2.21. The van der Waals surface area contributed by atoms with E-state index in [1.54, 1.807) is 10.7 Å². The highest BCUT2D eigenvalue weighted by atomic mass is 35.5. The van der Waals surface area contributed by atoms with Gasteiger partial charge in [-0.05, 0) is 13.8 Å². The van der Waals surface area contributed by atoms with Crippen molar-refractivity contribution < 1.29 is 0 Å². The maximum atomic E-state index is 6.18. The fourth-order valence-electron chi connectivity index (χ4n) is 1.80.